The van der Waals surface area contributed by atoms with E-state index in [2.05, 4.69) is 124 Å². The fourth-order valence-electron chi connectivity index (χ4n) is 3.67. The molecule has 0 amide bonds. The van der Waals surface area contributed by atoms with Gasteiger partial charge in [-0.25, -0.2) is 0 Å². The van der Waals surface area contributed by atoms with Crippen molar-refractivity contribution in [3.8, 4) is 0 Å². The Hall–Kier alpha value is -2.33. The molecule has 0 saturated heterocycles. The number of benzene rings is 4. The molecule has 0 bridgehead atoms. The molecule has 0 nitrogen and oxygen atoms in total. The van der Waals surface area contributed by atoms with Gasteiger partial charge in [-0.15, -0.1) is 0 Å². The van der Waals surface area contributed by atoms with Gasteiger partial charge in [0.1, 0.15) is 0 Å². The van der Waals surface area contributed by atoms with Gasteiger partial charge in [-0.1, -0.05) is 0 Å². The molecule has 0 aliphatic rings. The minimum atomic E-state index is -3.11. The van der Waals surface area contributed by atoms with Crippen LogP contribution in [0, 0.1) is 20.8 Å². The van der Waals surface area contributed by atoms with Crippen LogP contribution in [-0.2, 0) is 0 Å². The van der Waals surface area contributed by atoms with Gasteiger partial charge < -0.3 is 0 Å². The van der Waals surface area contributed by atoms with Gasteiger partial charge >= 0.3 is 173 Å². The molecule has 4 aromatic carbocycles. The zero-order chi connectivity index (χ0) is 19.6. The van der Waals surface area contributed by atoms with Gasteiger partial charge in [-0.05, 0) is 0 Å². The Bertz CT molecular complexity index is 933. The second-order valence-corrected chi connectivity index (χ2v) is 16.2. The first kappa shape index (κ1) is 19.0. The molecule has 0 radical (unpaired) electrons. The maximum absolute atomic E-state index is 3.11. The van der Waals surface area contributed by atoms with Crippen molar-refractivity contribution in [2.45, 2.75) is 20.8 Å². The normalized spacial score (nSPS) is 12.0. The molecule has 0 spiro atoms. The Labute approximate surface area is 172 Å². The summed E-state index contributed by atoms with van der Waals surface area (Å²) < 4.78 is 5.91. The summed E-state index contributed by atoms with van der Waals surface area (Å²) in [7, 11) is 0. The molecule has 0 aliphatic heterocycles. The van der Waals surface area contributed by atoms with Crippen molar-refractivity contribution in [2.75, 3.05) is 0 Å². The van der Waals surface area contributed by atoms with Crippen LogP contribution in [0.1, 0.15) is 16.7 Å². The van der Waals surface area contributed by atoms with Gasteiger partial charge in [-0.2, -0.15) is 0 Å². The summed E-state index contributed by atoms with van der Waals surface area (Å²) in [5.74, 6) is 0. The summed E-state index contributed by atoms with van der Waals surface area (Å²) in [6.07, 6.45) is 0. The quantitative estimate of drug-likeness (QED) is 0.390. The Morgan fingerprint density at radius 1 is 0.357 bits per heavy atom. The topological polar surface area (TPSA) is 0 Å². The van der Waals surface area contributed by atoms with Gasteiger partial charge in [0.2, 0.25) is 0 Å². The average molecular weight is 478 g/mol. The average Bonchev–Trinajstić information content (AvgIpc) is 2.73. The molecular formula is C27H26Te. The molecule has 0 fully saturated rings. The second kappa shape index (κ2) is 7.96. The van der Waals surface area contributed by atoms with Crippen molar-refractivity contribution in [1.82, 2.24) is 0 Å². The van der Waals surface area contributed by atoms with Crippen LogP contribution >= 0.6 is 0 Å². The zero-order valence-electron chi connectivity index (χ0n) is 16.7. The number of rotatable bonds is 4. The fraction of sp³-hybridized carbons (Fsp3) is 0.111. The van der Waals surface area contributed by atoms with Crippen LogP contribution in [0.3, 0.4) is 0 Å². The first-order valence-electron chi connectivity index (χ1n) is 9.69. The molecule has 0 saturated carbocycles. The molecule has 4 aromatic rings. The third-order valence-electron chi connectivity index (χ3n) is 5.22. The molecule has 0 atom stereocenters. The Balaban J connectivity index is 2.11. The van der Waals surface area contributed by atoms with Gasteiger partial charge in [0.15, 0.2) is 0 Å². The van der Waals surface area contributed by atoms with E-state index in [1.807, 2.05) is 0 Å². The van der Waals surface area contributed by atoms with Crippen molar-refractivity contribution < 1.29 is 0 Å². The van der Waals surface area contributed by atoms with E-state index >= 15 is 0 Å². The van der Waals surface area contributed by atoms with Crippen LogP contribution in [0.5, 0.6) is 0 Å². The van der Waals surface area contributed by atoms with E-state index in [1.165, 1.54) is 31.1 Å². The molecule has 140 valence electrons. The standard InChI is InChI=1S/C27H26Te/c1-21-9-15-25(16-10-21)28(24-7-5-4-6-8-24,26-17-11-22(2)12-18-26)27-19-13-23(3)14-20-27/h4-20H,1-3H3. The predicted octanol–water partition coefficient (Wildman–Crippen LogP) is 3.99. The van der Waals surface area contributed by atoms with Crippen LogP contribution in [0.4, 0.5) is 0 Å². The number of hydrogen-bond donors (Lipinski definition) is 0. The molecular weight excluding hydrogens is 452 g/mol. The summed E-state index contributed by atoms with van der Waals surface area (Å²) in [5.41, 5.74) is 3.92. The molecule has 4 rings (SSSR count). The third-order valence-corrected chi connectivity index (χ3v) is 16.4. The molecule has 0 aromatic heterocycles. The molecule has 28 heavy (non-hydrogen) atoms. The first-order chi connectivity index (χ1) is 13.6. The van der Waals surface area contributed by atoms with E-state index in [1.54, 1.807) is 0 Å². The van der Waals surface area contributed by atoms with Crippen molar-refractivity contribution >= 4 is 32.6 Å². The Morgan fingerprint density at radius 3 is 0.964 bits per heavy atom. The van der Waals surface area contributed by atoms with Crippen LogP contribution in [0.2, 0.25) is 0 Å². The van der Waals surface area contributed by atoms with E-state index in [-0.39, 0.29) is 0 Å². The maximum atomic E-state index is 2.36. The third kappa shape index (κ3) is 3.42. The Morgan fingerprint density at radius 2 is 0.643 bits per heavy atom. The summed E-state index contributed by atoms with van der Waals surface area (Å²) >= 11 is -3.11. The van der Waals surface area contributed by atoms with E-state index in [0.29, 0.717) is 0 Å². The summed E-state index contributed by atoms with van der Waals surface area (Å²) in [6, 6.07) is 38.9. The summed E-state index contributed by atoms with van der Waals surface area (Å²) in [6.45, 7) is 6.50. The van der Waals surface area contributed by atoms with E-state index < -0.39 is 18.2 Å². The molecule has 0 aliphatic carbocycles. The van der Waals surface area contributed by atoms with Crippen molar-refractivity contribution in [2.24, 2.45) is 0 Å². The van der Waals surface area contributed by atoms with E-state index in [0.717, 1.165) is 0 Å². The van der Waals surface area contributed by atoms with Crippen LogP contribution in [0.25, 0.3) is 0 Å². The van der Waals surface area contributed by atoms with Crippen LogP contribution in [-0.4, -0.2) is 18.2 Å². The van der Waals surface area contributed by atoms with Gasteiger partial charge in [0.05, 0.1) is 0 Å². The van der Waals surface area contributed by atoms with E-state index in [9.17, 15) is 0 Å². The van der Waals surface area contributed by atoms with E-state index in [4.69, 9.17) is 0 Å². The predicted molar refractivity (Wildman–Crippen MR) is 124 cm³/mol. The molecule has 0 heterocycles. The first-order valence-corrected chi connectivity index (χ1v) is 14.4. The fourth-order valence-corrected chi connectivity index (χ4v) is 14.6. The van der Waals surface area contributed by atoms with Gasteiger partial charge in [0.25, 0.3) is 0 Å². The second-order valence-electron chi connectivity index (χ2n) is 7.36. The minimum absolute atomic E-state index is 1.31. The molecule has 1 heteroatoms. The van der Waals surface area contributed by atoms with Crippen LogP contribution < -0.4 is 14.4 Å². The van der Waals surface area contributed by atoms with Crippen molar-refractivity contribution in [3.63, 3.8) is 0 Å². The summed E-state index contributed by atoms with van der Waals surface area (Å²) in [5, 5.41) is 0. The Kier molecular flexibility index (Phi) is 5.40. The monoisotopic (exact) mass is 480 g/mol. The molecule has 0 unspecified atom stereocenters. The van der Waals surface area contributed by atoms with Crippen molar-refractivity contribution in [3.05, 3.63) is 120 Å². The van der Waals surface area contributed by atoms with Crippen molar-refractivity contribution in [1.29, 1.82) is 0 Å². The SMILES string of the molecule is Cc1ccc([Te](c2ccccc2)(c2ccc(C)cc2)c2ccc(C)cc2)cc1. The van der Waals surface area contributed by atoms with Gasteiger partial charge in [0, 0.05) is 0 Å². The summed E-state index contributed by atoms with van der Waals surface area (Å²) in [4.78, 5) is 0. The zero-order valence-corrected chi connectivity index (χ0v) is 19.1. The number of aryl methyl sites for hydroxylation is 3. The van der Waals surface area contributed by atoms with Gasteiger partial charge in [-0.3, -0.25) is 0 Å². The van der Waals surface area contributed by atoms with Crippen LogP contribution in [0.15, 0.2) is 103 Å². The molecule has 0 N–H and O–H groups in total. The number of hydrogen-bond acceptors (Lipinski definition) is 0.